The maximum Gasteiger partial charge on any atom is 0.453 e. The van der Waals surface area contributed by atoms with Gasteiger partial charge in [0.1, 0.15) is 5.82 Å². The fourth-order valence-electron chi connectivity index (χ4n) is 3.24. The number of halogens is 3. The Labute approximate surface area is 148 Å². The van der Waals surface area contributed by atoms with Crippen LogP contribution in [0.4, 0.5) is 19.0 Å². The highest BCUT2D eigenvalue weighted by molar-refractivity contribution is 5.58. The second-order valence-corrected chi connectivity index (χ2v) is 6.86. The molecule has 3 aromatic rings. The van der Waals surface area contributed by atoms with Crippen LogP contribution in [0.1, 0.15) is 35.4 Å². The summed E-state index contributed by atoms with van der Waals surface area (Å²) in [5, 5.41) is 14.3. The first-order valence-corrected chi connectivity index (χ1v) is 8.41. The first-order valence-electron chi connectivity index (χ1n) is 8.41. The van der Waals surface area contributed by atoms with Crippen LogP contribution in [0.25, 0.3) is 5.65 Å². The van der Waals surface area contributed by atoms with Gasteiger partial charge in [-0.05, 0) is 37.8 Å². The van der Waals surface area contributed by atoms with Gasteiger partial charge in [0.2, 0.25) is 0 Å². The van der Waals surface area contributed by atoms with Crippen LogP contribution < -0.4 is 5.32 Å². The van der Waals surface area contributed by atoms with Crippen molar-refractivity contribution in [3.63, 3.8) is 0 Å². The normalized spacial score (nSPS) is 16.0. The Morgan fingerprint density at radius 3 is 2.38 bits per heavy atom. The van der Waals surface area contributed by atoms with E-state index in [4.69, 9.17) is 0 Å². The lowest BCUT2D eigenvalue weighted by molar-refractivity contribution is -0.146. The van der Waals surface area contributed by atoms with Crippen LogP contribution in [0.3, 0.4) is 0 Å². The van der Waals surface area contributed by atoms with Gasteiger partial charge in [-0.1, -0.05) is 30.3 Å². The lowest BCUT2D eigenvalue weighted by Crippen LogP contribution is -2.22. The highest BCUT2D eigenvalue weighted by atomic mass is 19.4. The van der Waals surface area contributed by atoms with Gasteiger partial charge in [-0.3, -0.25) is 0 Å². The van der Waals surface area contributed by atoms with Gasteiger partial charge < -0.3 is 5.32 Å². The minimum atomic E-state index is -4.60. The molecule has 1 N–H and O–H groups in total. The van der Waals surface area contributed by atoms with Crippen molar-refractivity contribution in [2.75, 3.05) is 11.9 Å². The predicted octanol–water partition coefficient (Wildman–Crippen LogP) is 3.90. The fourth-order valence-corrected chi connectivity index (χ4v) is 3.24. The summed E-state index contributed by atoms with van der Waals surface area (Å²) in [6.07, 6.45) is -2.51. The number of hydrogen-bond donors (Lipinski definition) is 1. The van der Waals surface area contributed by atoms with Crippen molar-refractivity contribution in [2.24, 2.45) is 0 Å². The van der Waals surface area contributed by atoms with E-state index in [1.54, 1.807) is 6.92 Å². The second-order valence-electron chi connectivity index (χ2n) is 6.86. The van der Waals surface area contributed by atoms with Gasteiger partial charge in [0, 0.05) is 17.5 Å². The molecule has 0 radical (unpaired) electrons. The van der Waals surface area contributed by atoms with Crippen LogP contribution in [-0.4, -0.2) is 26.4 Å². The highest BCUT2D eigenvalue weighted by Gasteiger charge is 2.44. The molecule has 8 heteroatoms. The molecule has 1 aliphatic rings. The SMILES string of the molecule is Cc1c(NCC2(c3ccccc3)CC2)nn2c(C(F)(F)F)nnc2c1C. The van der Waals surface area contributed by atoms with E-state index < -0.39 is 12.0 Å². The van der Waals surface area contributed by atoms with Gasteiger partial charge >= 0.3 is 6.18 Å². The molecule has 26 heavy (non-hydrogen) atoms. The molecule has 2 aromatic heterocycles. The Hall–Kier alpha value is -2.64. The monoisotopic (exact) mass is 361 g/mol. The van der Waals surface area contributed by atoms with E-state index in [0.717, 1.165) is 22.9 Å². The van der Waals surface area contributed by atoms with Crippen molar-refractivity contribution in [3.05, 3.63) is 52.8 Å². The van der Waals surface area contributed by atoms with E-state index in [-0.39, 0.29) is 11.1 Å². The summed E-state index contributed by atoms with van der Waals surface area (Å²) in [5.74, 6) is -0.676. The zero-order valence-electron chi connectivity index (χ0n) is 14.4. The number of nitrogens with zero attached hydrogens (tertiary/aromatic N) is 4. The third-order valence-electron chi connectivity index (χ3n) is 5.18. The van der Waals surface area contributed by atoms with Crippen molar-refractivity contribution in [3.8, 4) is 0 Å². The Morgan fingerprint density at radius 1 is 1.08 bits per heavy atom. The molecular formula is C18H18F3N5. The lowest BCUT2D eigenvalue weighted by atomic mass is 9.96. The number of aromatic nitrogens is 4. The molecule has 5 nitrogen and oxygen atoms in total. The third kappa shape index (κ3) is 2.69. The summed E-state index contributed by atoms with van der Waals surface area (Å²) in [6.45, 7) is 4.18. The second kappa shape index (κ2) is 5.69. The molecule has 0 saturated heterocycles. The Morgan fingerprint density at radius 2 is 1.77 bits per heavy atom. The molecule has 0 atom stereocenters. The third-order valence-corrected chi connectivity index (χ3v) is 5.18. The van der Waals surface area contributed by atoms with Gasteiger partial charge in [-0.2, -0.15) is 17.7 Å². The van der Waals surface area contributed by atoms with E-state index in [2.05, 4.69) is 32.7 Å². The molecule has 0 bridgehead atoms. The predicted molar refractivity (Wildman–Crippen MR) is 91.1 cm³/mol. The summed E-state index contributed by atoms with van der Waals surface area (Å²) in [5.41, 5.74) is 2.81. The molecule has 0 aliphatic heterocycles. The molecule has 0 spiro atoms. The summed E-state index contributed by atoms with van der Waals surface area (Å²) in [7, 11) is 0. The maximum absolute atomic E-state index is 13.1. The van der Waals surface area contributed by atoms with E-state index in [9.17, 15) is 13.2 Å². The average Bonchev–Trinajstić information content (AvgIpc) is 3.28. The number of rotatable bonds is 4. The maximum atomic E-state index is 13.1. The summed E-state index contributed by atoms with van der Waals surface area (Å²) < 4.78 is 40.2. The van der Waals surface area contributed by atoms with E-state index in [0.29, 0.717) is 17.9 Å². The Bertz CT molecular complexity index is 958. The highest BCUT2D eigenvalue weighted by Crippen LogP contribution is 2.48. The van der Waals surface area contributed by atoms with Crippen molar-refractivity contribution >= 4 is 11.5 Å². The minimum absolute atomic E-state index is 0.0261. The Balaban J connectivity index is 1.68. The number of benzene rings is 1. The van der Waals surface area contributed by atoms with Crippen molar-refractivity contribution in [1.29, 1.82) is 0 Å². The standard InChI is InChI=1S/C18H18F3N5/c1-11-12(2)15-23-24-16(18(19,20)21)26(15)25-14(11)22-10-17(8-9-17)13-6-4-3-5-7-13/h3-7H,8-10H2,1-2H3,(H,22,25). The van der Waals surface area contributed by atoms with Gasteiger partial charge in [0.05, 0.1) is 0 Å². The first-order chi connectivity index (χ1) is 12.3. The number of fused-ring (bicyclic) bond motifs is 1. The molecule has 0 amide bonds. The molecule has 1 aromatic carbocycles. The number of aryl methyl sites for hydroxylation is 1. The zero-order valence-corrected chi connectivity index (χ0v) is 14.4. The first kappa shape index (κ1) is 16.8. The molecule has 1 saturated carbocycles. The number of hydrogen-bond acceptors (Lipinski definition) is 4. The van der Waals surface area contributed by atoms with Crippen LogP contribution in [-0.2, 0) is 11.6 Å². The quantitative estimate of drug-likeness (QED) is 0.766. The molecular weight excluding hydrogens is 343 g/mol. The summed E-state index contributed by atoms with van der Waals surface area (Å²) in [6, 6.07) is 10.2. The van der Waals surface area contributed by atoms with E-state index >= 15 is 0 Å². The minimum Gasteiger partial charge on any atom is -0.368 e. The van der Waals surface area contributed by atoms with Crippen molar-refractivity contribution in [1.82, 2.24) is 19.8 Å². The molecule has 1 fully saturated rings. The zero-order chi connectivity index (χ0) is 18.5. The molecule has 1 aliphatic carbocycles. The average molecular weight is 361 g/mol. The van der Waals surface area contributed by atoms with Gasteiger partial charge in [0.25, 0.3) is 5.82 Å². The van der Waals surface area contributed by atoms with Crippen LogP contribution in [0, 0.1) is 13.8 Å². The largest absolute Gasteiger partial charge is 0.453 e. The summed E-state index contributed by atoms with van der Waals surface area (Å²) in [4.78, 5) is 0. The lowest BCUT2D eigenvalue weighted by Gasteiger charge is -2.19. The molecule has 2 heterocycles. The molecule has 0 unspecified atom stereocenters. The van der Waals surface area contributed by atoms with E-state index in [1.807, 2.05) is 25.1 Å². The van der Waals surface area contributed by atoms with Crippen LogP contribution >= 0.6 is 0 Å². The number of alkyl halides is 3. The van der Waals surface area contributed by atoms with Crippen LogP contribution in [0.2, 0.25) is 0 Å². The van der Waals surface area contributed by atoms with Crippen LogP contribution in [0.5, 0.6) is 0 Å². The number of anilines is 1. The molecule has 136 valence electrons. The number of nitrogens with one attached hydrogen (secondary N) is 1. The van der Waals surface area contributed by atoms with Crippen molar-refractivity contribution in [2.45, 2.75) is 38.3 Å². The van der Waals surface area contributed by atoms with E-state index in [1.165, 1.54) is 5.56 Å². The van der Waals surface area contributed by atoms with Crippen LogP contribution in [0.15, 0.2) is 30.3 Å². The molecule has 4 rings (SSSR count). The topological polar surface area (TPSA) is 55.1 Å². The van der Waals surface area contributed by atoms with Gasteiger partial charge in [-0.25, -0.2) is 0 Å². The Kier molecular flexibility index (Phi) is 3.68. The smallest absolute Gasteiger partial charge is 0.368 e. The van der Waals surface area contributed by atoms with Crippen molar-refractivity contribution < 1.29 is 13.2 Å². The fraction of sp³-hybridized carbons (Fsp3) is 0.389. The van der Waals surface area contributed by atoms with Gasteiger partial charge in [0.15, 0.2) is 5.65 Å². The summed E-state index contributed by atoms with van der Waals surface area (Å²) >= 11 is 0. The van der Waals surface area contributed by atoms with Gasteiger partial charge in [-0.15, -0.1) is 15.3 Å².